The number of anilines is 2. The number of carbonyl (C=O) groups excluding carboxylic acids is 2. The lowest BCUT2D eigenvalue weighted by atomic mass is 9.96. The first-order chi connectivity index (χ1) is 14.5. The highest BCUT2D eigenvalue weighted by Crippen LogP contribution is 2.24. The van der Waals surface area contributed by atoms with Crippen molar-refractivity contribution in [3.8, 4) is 12.1 Å². The molecule has 1 aliphatic rings. The first-order valence-corrected chi connectivity index (χ1v) is 9.78. The summed E-state index contributed by atoms with van der Waals surface area (Å²) < 4.78 is 0. The van der Waals surface area contributed by atoms with Crippen molar-refractivity contribution in [1.82, 2.24) is 10.3 Å². The molecule has 3 rings (SSSR count). The minimum Gasteiger partial charge on any atom is -0.356 e. The summed E-state index contributed by atoms with van der Waals surface area (Å²) in [5.41, 5.74) is 0.958. The molecule has 0 bridgehead atoms. The molecule has 0 radical (unpaired) electrons. The van der Waals surface area contributed by atoms with E-state index in [9.17, 15) is 14.9 Å². The van der Waals surface area contributed by atoms with Crippen molar-refractivity contribution >= 4 is 34.9 Å². The Bertz CT molecular complexity index is 1030. The van der Waals surface area contributed by atoms with Gasteiger partial charge in [0.15, 0.2) is 0 Å². The summed E-state index contributed by atoms with van der Waals surface area (Å²) in [6.45, 7) is 1.80. The maximum absolute atomic E-state index is 12.1. The van der Waals surface area contributed by atoms with Gasteiger partial charge in [-0.1, -0.05) is 11.6 Å². The number of pyridine rings is 1. The number of nitrogens with one attached hydrogen (secondary N) is 2. The van der Waals surface area contributed by atoms with Crippen LogP contribution in [0.15, 0.2) is 36.5 Å². The van der Waals surface area contributed by atoms with Gasteiger partial charge in [-0.2, -0.15) is 10.5 Å². The highest BCUT2D eigenvalue weighted by atomic mass is 35.5. The molecule has 1 aromatic carbocycles. The summed E-state index contributed by atoms with van der Waals surface area (Å²) in [7, 11) is 0. The third kappa shape index (κ3) is 5.05. The molecule has 0 saturated carbocycles. The van der Waals surface area contributed by atoms with Gasteiger partial charge in [0.05, 0.1) is 16.8 Å². The second kappa shape index (κ2) is 9.73. The smallest absolute Gasteiger partial charge is 0.313 e. The van der Waals surface area contributed by atoms with Gasteiger partial charge in [0, 0.05) is 30.9 Å². The number of benzene rings is 1. The van der Waals surface area contributed by atoms with Crippen LogP contribution in [-0.2, 0) is 9.59 Å². The van der Waals surface area contributed by atoms with E-state index in [4.69, 9.17) is 16.9 Å². The van der Waals surface area contributed by atoms with Crippen molar-refractivity contribution in [2.75, 3.05) is 29.9 Å². The highest BCUT2D eigenvalue weighted by molar-refractivity contribution is 6.40. The van der Waals surface area contributed by atoms with E-state index in [0.717, 1.165) is 12.8 Å². The number of nitriles is 2. The molecule has 1 saturated heterocycles. The Morgan fingerprint density at radius 3 is 2.57 bits per heavy atom. The number of nitrogens with zero attached hydrogens (tertiary/aromatic N) is 4. The first-order valence-electron chi connectivity index (χ1n) is 9.40. The Hall–Kier alpha value is -3.62. The SMILES string of the molecule is N#Cc1ccc(Cl)cc1NC(=O)C(=O)NCC1CCN(c2ncccc2C#N)CC1. The largest absolute Gasteiger partial charge is 0.356 e. The van der Waals surface area contributed by atoms with Gasteiger partial charge >= 0.3 is 11.8 Å². The number of piperidine rings is 1. The van der Waals surface area contributed by atoms with Crippen molar-refractivity contribution in [2.24, 2.45) is 5.92 Å². The summed E-state index contributed by atoms with van der Waals surface area (Å²) in [6, 6.07) is 12.0. The van der Waals surface area contributed by atoms with Gasteiger partial charge in [-0.3, -0.25) is 9.59 Å². The quantitative estimate of drug-likeness (QED) is 0.730. The molecular formula is C21H19ClN6O2. The van der Waals surface area contributed by atoms with Crippen LogP contribution in [0.25, 0.3) is 0 Å². The van der Waals surface area contributed by atoms with Gasteiger partial charge < -0.3 is 15.5 Å². The lowest BCUT2D eigenvalue weighted by Gasteiger charge is -2.33. The van der Waals surface area contributed by atoms with Crippen LogP contribution < -0.4 is 15.5 Å². The van der Waals surface area contributed by atoms with Crippen LogP contribution in [0.2, 0.25) is 5.02 Å². The standard InChI is InChI=1S/C21H19ClN6O2/c22-17-4-3-15(11-23)18(10-17)27-21(30)20(29)26-13-14-5-8-28(9-6-14)19-16(12-24)2-1-7-25-19/h1-4,7,10,14H,5-6,8-9,13H2,(H,26,29)(H,27,30). The molecule has 1 aliphatic heterocycles. The number of rotatable bonds is 4. The fourth-order valence-corrected chi connectivity index (χ4v) is 3.47. The average Bonchev–Trinajstić information content (AvgIpc) is 2.78. The van der Waals surface area contributed by atoms with Gasteiger partial charge in [-0.05, 0) is 49.1 Å². The topological polar surface area (TPSA) is 122 Å². The molecule has 2 aromatic rings. The Balaban J connectivity index is 1.49. The normalized spacial score (nSPS) is 13.8. The van der Waals surface area contributed by atoms with Gasteiger partial charge in [0.2, 0.25) is 0 Å². The number of amides is 2. The van der Waals surface area contributed by atoms with E-state index in [1.807, 2.05) is 6.07 Å². The molecule has 2 heterocycles. The maximum Gasteiger partial charge on any atom is 0.313 e. The van der Waals surface area contributed by atoms with Crippen LogP contribution in [0.4, 0.5) is 11.5 Å². The van der Waals surface area contributed by atoms with Gasteiger partial charge in [-0.25, -0.2) is 4.98 Å². The Morgan fingerprint density at radius 1 is 1.13 bits per heavy atom. The molecule has 0 unspecified atom stereocenters. The number of hydrogen-bond acceptors (Lipinski definition) is 6. The molecule has 0 aliphatic carbocycles. The van der Waals surface area contributed by atoms with Gasteiger partial charge in [-0.15, -0.1) is 0 Å². The highest BCUT2D eigenvalue weighted by Gasteiger charge is 2.23. The minimum atomic E-state index is -0.849. The van der Waals surface area contributed by atoms with E-state index in [2.05, 4.69) is 26.6 Å². The molecule has 30 heavy (non-hydrogen) atoms. The molecule has 0 spiro atoms. The lowest BCUT2D eigenvalue weighted by Crippen LogP contribution is -2.42. The average molecular weight is 423 g/mol. The molecule has 1 fully saturated rings. The summed E-state index contributed by atoms with van der Waals surface area (Å²) in [5, 5.41) is 23.8. The fraction of sp³-hybridized carbons (Fsp3) is 0.286. The predicted molar refractivity (Wildman–Crippen MR) is 112 cm³/mol. The van der Waals surface area contributed by atoms with E-state index in [-0.39, 0.29) is 17.2 Å². The molecule has 9 heteroatoms. The second-order valence-electron chi connectivity index (χ2n) is 6.88. The van der Waals surface area contributed by atoms with Gasteiger partial charge in [0.25, 0.3) is 0 Å². The lowest BCUT2D eigenvalue weighted by molar-refractivity contribution is -0.136. The molecule has 8 nitrogen and oxygen atoms in total. The zero-order valence-corrected chi connectivity index (χ0v) is 16.8. The minimum absolute atomic E-state index is 0.196. The molecule has 2 N–H and O–H groups in total. The Labute approximate surface area is 179 Å². The van der Waals surface area contributed by atoms with Crippen LogP contribution >= 0.6 is 11.6 Å². The van der Waals surface area contributed by atoms with Crippen molar-refractivity contribution in [2.45, 2.75) is 12.8 Å². The first kappa shape index (κ1) is 21.1. The summed E-state index contributed by atoms with van der Waals surface area (Å²) >= 11 is 5.89. The molecule has 0 atom stereocenters. The second-order valence-corrected chi connectivity index (χ2v) is 7.32. The molecule has 152 valence electrons. The zero-order valence-electron chi connectivity index (χ0n) is 16.1. The molecule has 2 amide bonds. The van der Waals surface area contributed by atoms with Crippen LogP contribution in [-0.4, -0.2) is 36.4 Å². The summed E-state index contributed by atoms with van der Waals surface area (Å²) in [4.78, 5) is 30.7. The van der Waals surface area contributed by atoms with E-state index >= 15 is 0 Å². The predicted octanol–water partition coefficient (Wildman–Crippen LogP) is 2.45. The van der Waals surface area contributed by atoms with E-state index in [1.165, 1.54) is 18.2 Å². The number of aromatic nitrogens is 1. The van der Waals surface area contributed by atoms with Crippen LogP contribution in [0.5, 0.6) is 0 Å². The van der Waals surface area contributed by atoms with Crippen LogP contribution in [0.3, 0.4) is 0 Å². The monoisotopic (exact) mass is 422 g/mol. The van der Waals surface area contributed by atoms with Crippen molar-refractivity contribution in [1.29, 1.82) is 10.5 Å². The zero-order chi connectivity index (χ0) is 21.5. The van der Waals surface area contributed by atoms with Crippen molar-refractivity contribution in [3.05, 3.63) is 52.7 Å². The van der Waals surface area contributed by atoms with Crippen LogP contribution in [0, 0.1) is 28.6 Å². The Morgan fingerprint density at radius 2 is 1.87 bits per heavy atom. The van der Waals surface area contributed by atoms with Crippen LogP contribution in [0.1, 0.15) is 24.0 Å². The van der Waals surface area contributed by atoms with Crippen molar-refractivity contribution < 1.29 is 9.59 Å². The fourth-order valence-electron chi connectivity index (χ4n) is 3.30. The Kier molecular flexibility index (Phi) is 6.84. The maximum atomic E-state index is 12.1. The van der Waals surface area contributed by atoms with Crippen molar-refractivity contribution in [3.63, 3.8) is 0 Å². The van der Waals surface area contributed by atoms with E-state index in [1.54, 1.807) is 18.3 Å². The number of carbonyl (C=O) groups is 2. The number of hydrogen-bond donors (Lipinski definition) is 2. The molecular weight excluding hydrogens is 404 g/mol. The van der Waals surface area contributed by atoms with Gasteiger partial charge in [0.1, 0.15) is 18.0 Å². The van der Waals surface area contributed by atoms with E-state index in [0.29, 0.717) is 36.0 Å². The third-order valence-electron chi connectivity index (χ3n) is 4.93. The third-order valence-corrected chi connectivity index (χ3v) is 5.16. The summed E-state index contributed by atoms with van der Waals surface area (Å²) in [5.74, 6) is -0.721. The van der Waals surface area contributed by atoms with E-state index < -0.39 is 11.8 Å². The summed E-state index contributed by atoms with van der Waals surface area (Å²) in [6.07, 6.45) is 3.27. The number of halogens is 1. The molecule has 1 aromatic heterocycles.